The first-order valence-corrected chi connectivity index (χ1v) is 12.1. The second kappa shape index (κ2) is 12.1. The van der Waals surface area contributed by atoms with E-state index in [1.165, 1.54) is 0 Å². The highest BCUT2D eigenvalue weighted by molar-refractivity contribution is 5.95. The summed E-state index contributed by atoms with van der Waals surface area (Å²) in [5.41, 5.74) is 3.86. The van der Waals surface area contributed by atoms with Gasteiger partial charge >= 0.3 is 0 Å². The minimum absolute atomic E-state index is 0.0816. The maximum atomic E-state index is 13.2. The van der Waals surface area contributed by atoms with Gasteiger partial charge in [0.1, 0.15) is 5.82 Å². The van der Waals surface area contributed by atoms with Crippen molar-refractivity contribution >= 4 is 17.4 Å². The third-order valence-corrected chi connectivity index (χ3v) is 6.41. The molecule has 1 atom stereocenters. The fraction of sp³-hybridized carbons (Fsp3) is 0.321. The Balaban J connectivity index is 1.34. The van der Waals surface area contributed by atoms with E-state index in [2.05, 4.69) is 38.5 Å². The van der Waals surface area contributed by atoms with E-state index in [0.29, 0.717) is 17.9 Å². The fourth-order valence-electron chi connectivity index (χ4n) is 4.20. The second-order valence-corrected chi connectivity index (χ2v) is 8.91. The van der Waals surface area contributed by atoms with E-state index in [9.17, 15) is 4.79 Å². The van der Waals surface area contributed by atoms with Crippen molar-refractivity contribution in [2.24, 2.45) is 0 Å². The number of benzene rings is 2. The molecule has 1 fully saturated rings. The van der Waals surface area contributed by atoms with Crippen molar-refractivity contribution < 1.29 is 4.79 Å². The molecule has 1 saturated heterocycles. The molecule has 180 valence electrons. The first-order valence-electron chi connectivity index (χ1n) is 12.1. The van der Waals surface area contributed by atoms with Crippen molar-refractivity contribution in [1.82, 2.24) is 15.2 Å². The molecule has 1 aliphatic heterocycles. The van der Waals surface area contributed by atoms with Crippen LogP contribution in [0.2, 0.25) is 0 Å². The lowest BCUT2D eigenvalue weighted by Crippen LogP contribution is -2.44. The third kappa shape index (κ3) is 6.89. The molecule has 35 heavy (non-hydrogen) atoms. The van der Waals surface area contributed by atoms with E-state index in [-0.39, 0.29) is 11.8 Å². The average molecular weight is 469 g/mol. The summed E-state index contributed by atoms with van der Waals surface area (Å²) >= 11 is 0. The smallest absolute Gasteiger partial charge is 0.234 e. The van der Waals surface area contributed by atoms with Gasteiger partial charge in [0.2, 0.25) is 5.91 Å². The van der Waals surface area contributed by atoms with Gasteiger partial charge in [-0.25, -0.2) is 4.98 Å². The zero-order valence-electron chi connectivity index (χ0n) is 20.2. The van der Waals surface area contributed by atoms with E-state index >= 15 is 0 Å². The largest absolute Gasteiger partial charge is 0.368 e. The molecule has 0 spiro atoms. The first kappa shape index (κ1) is 24.4. The molecular formula is C28H32N6O. The molecule has 1 amide bonds. The molecule has 1 unspecified atom stereocenters. The van der Waals surface area contributed by atoms with Gasteiger partial charge in [0.25, 0.3) is 0 Å². The molecule has 4 rings (SSSR count). The Morgan fingerprint density at radius 2 is 1.77 bits per heavy atom. The van der Waals surface area contributed by atoms with Crippen molar-refractivity contribution in [3.8, 4) is 6.07 Å². The van der Waals surface area contributed by atoms with Gasteiger partial charge in [-0.05, 0) is 55.4 Å². The number of piperazine rings is 1. The van der Waals surface area contributed by atoms with Crippen LogP contribution < -0.4 is 15.5 Å². The number of nitrogens with one attached hydrogen (secondary N) is 2. The highest BCUT2D eigenvalue weighted by Crippen LogP contribution is 2.20. The molecule has 7 heteroatoms. The Hall–Kier alpha value is -3.73. The van der Waals surface area contributed by atoms with E-state index in [0.717, 1.165) is 56.0 Å². The maximum Gasteiger partial charge on any atom is 0.234 e. The lowest BCUT2D eigenvalue weighted by molar-refractivity contribution is -0.117. The normalized spacial score (nSPS) is 14.8. The lowest BCUT2D eigenvalue weighted by atomic mass is 9.98. The van der Waals surface area contributed by atoms with Crippen LogP contribution in [0, 0.1) is 11.3 Å². The number of pyridine rings is 1. The van der Waals surface area contributed by atoms with Gasteiger partial charge in [0.15, 0.2) is 0 Å². The minimum Gasteiger partial charge on any atom is -0.368 e. The van der Waals surface area contributed by atoms with Crippen molar-refractivity contribution in [2.45, 2.75) is 12.3 Å². The van der Waals surface area contributed by atoms with E-state index in [4.69, 9.17) is 5.26 Å². The molecule has 0 aliphatic carbocycles. The minimum atomic E-state index is -0.337. The summed E-state index contributed by atoms with van der Waals surface area (Å²) in [5.74, 6) is 0.143. The number of nitrogens with zero attached hydrogens (tertiary/aromatic N) is 4. The second-order valence-electron chi connectivity index (χ2n) is 8.91. The summed E-state index contributed by atoms with van der Waals surface area (Å²) in [6.07, 6.45) is 2.67. The Bertz CT molecular complexity index is 1120. The van der Waals surface area contributed by atoms with Gasteiger partial charge in [0, 0.05) is 32.7 Å². The van der Waals surface area contributed by atoms with Crippen LogP contribution in [-0.2, 0) is 11.2 Å². The van der Waals surface area contributed by atoms with E-state index in [1.54, 1.807) is 0 Å². The number of rotatable bonds is 9. The monoisotopic (exact) mass is 468 g/mol. The Kier molecular flexibility index (Phi) is 8.44. The molecule has 2 heterocycles. The molecule has 1 aliphatic rings. The summed E-state index contributed by atoms with van der Waals surface area (Å²) in [7, 11) is 2.14. The molecule has 0 saturated carbocycles. The van der Waals surface area contributed by atoms with Crippen LogP contribution in [0.1, 0.15) is 22.6 Å². The number of anilines is 2. The molecule has 2 N–H and O–H groups in total. The molecule has 0 radical (unpaired) electrons. The molecule has 3 aromatic rings. The fourth-order valence-corrected chi connectivity index (χ4v) is 4.20. The molecule has 7 nitrogen and oxygen atoms in total. The topological polar surface area (TPSA) is 84.3 Å². The van der Waals surface area contributed by atoms with E-state index < -0.39 is 0 Å². The van der Waals surface area contributed by atoms with Crippen molar-refractivity contribution in [1.29, 1.82) is 5.26 Å². The number of hydrogen-bond acceptors (Lipinski definition) is 6. The maximum absolute atomic E-state index is 13.2. The van der Waals surface area contributed by atoms with Crippen LogP contribution in [0.4, 0.5) is 11.5 Å². The van der Waals surface area contributed by atoms with Gasteiger partial charge in [-0.15, -0.1) is 0 Å². The molecule has 0 bridgehead atoms. The first-order chi connectivity index (χ1) is 17.1. The SMILES string of the molecule is CN1CCN(c2ccc(NC(=O)C(CNCCc3ccc(C#N)cc3)c3ccccc3)nc2)CC1. The molecule has 1 aromatic heterocycles. The lowest BCUT2D eigenvalue weighted by Gasteiger charge is -2.33. The summed E-state index contributed by atoms with van der Waals surface area (Å²) < 4.78 is 0. The van der Waals surface area contributed by atoms with Gasteiger partial charge in [-0.1, -0.05) is 42.5 Å². The van der Waals surface area contributed by atoms with E-state index in [1.807, 2.05) is 72.9 Å². The van der Waals surface area contributed by atoms with Crippen LogP contribution in [0.25, 0.3) is 0 Å². The standard InChI is InChI=1S/C28H32N6O/c1-33-15-17-34(18-16-33)25-11-12-27(31-20-25)32-28(35)26(24-5-3-2-4-6-24)21-30-14-13-22-7-9-23(19-29)10-8-22/h2-12,20,26,30H,13-18,21H2,1H3,(H,31,32,35). The zero-order valence-corrected chi connectivity index (χ0v) is 20.2. The summed E-state index contributed by atoms with van der Waals surface area (Å²) in [5, 5.41) is 15.4. The van der Waals surface area contributed by atoms with Crippen LogP contribution in [0.5, 0.6) is 0 Å². The van der Waals surface area contributed by atoms with Crippen molar-refractivity contribution in [2.75, 3.05) is 56.5 Å². The van der Waals surface area contributed by atoms with Crippen LogP contribution >= 0.6 is 0 Å². The summed E-state index contributed by atoms with van der Waals surface area (Å²) in [6.45, 7) is 5.29. The Morgan fingerprint density at radius 3 is 2.43 bits per heavy atom. The number of nitriles is 1. The third-order valence-electron chi connectivity index (χ3n) is 6.41. The number of likely N-dealkylation sites (N-methyl/N-ethyl adjacent to an activating group) is 1. The zero-order chi connectivity index (χ0) is 24.5. The summed E-state index contributed by atoms with van der Waals surface area (Å²) in [4.78, 5) is 22.4. The van der Waals surface area contributed by atoms with Gasteiger partial charge in [-0.3, -0.25) is 4.79 Å². The number of carbonyl (C=O) groups is 1. The van der Waals surface area contributed by atoms with Crippen molar-refractivity contribution in [3.63, 3.8) is 0 Å². The highest BCUT2D eigenvalue weighted by Gasteiger charge is 2.21. The number of hydrogen-bond donors (Lipinski definition) is 2. The Morgan fingerprint density at radius 1 is 1.03 bits per heavy atom. The number of amides is 1. The van der Waals surface area contributed by atoms with Crippen LogP contribution in [-0.4, -0.2) is 62.1 Å². The van der Waals surface area contributed by atoms with Gasteiger partial charge in [0.05, 0.1) is 29.4 Å². The highest BCUT2D eigenvalue weighted by atomic mass is 16.2. The van der Waals surface area contributed by atoms with Crippen LogP contribution in [0.3, 0.4) is 0 Å². The quantitative estimate of drug-likeness (QED) is 0.469. The molecular weight excluding hydrogens is 436 g/mol. The Labute approximate surface area is 207 Å². The number of aromatic nitrogens is 1. The van der Waals surface area contributed by atoms with Gasteiger partial charge < -0.3 is 20.4 Å². The van der Waals surface area contributed by atoms with Gasteiger partial charge in [-0.2, -0.15) is 5.26 Å². The van der Waals surface area contributed by atoms with Crippen LogP contribution in [0.15, 0.2) is 72.9 Å². The number of carbonyl (C=O) groups excluding carboxylic acids is 1. The van der Waals surface area contributed by atoms with Crippen molar-refractivity contribution in [3.05, 3.63) is 89.6 Å². The predicted molar refractivity (Wildman–Crippen MR) is 139 cm³/mol. The molecule has 2 aromatic carbocycles. The average Bonchev–Trinajstić information content (AvgIpc) is 2.90. The predicted octanol–water partition coefficient (Wildman–Crippen LogP) is 3.26. The summed E-state index contributed by atoms with van der Waals surface area (Å²) in [6, 6.07) is 23.5.